The first kappa shape index (κ1) is 16.8. The molecular formula is C19H20N2O4. The lowest BCUT2D eigenvalue weighted by atomic mass is 10.0. The second-order valence-electron chi connectivity index (χ2n) is 5.88. The number of hydrogen-bond donors (Lipinski definition) is 2. The molecule has 0 saturated heterocycles. The minimum absolute atomic E-state index is 0.407. The number of ether oxygens (including phenoxy) is 1. The van der Waals surface area contributed by atoms with Gasteiger partial charge in [-0.15, -0.1) is 0 Å². The topological polar surface area (TPSA) is 78.9 Å². The number of nitrogens with one attached hydrogen (secondary N) is 1. The molecule has 0 saturated carbocycles. The summed E-state index contributed by atoms with van der Waals surface area (Å²) in [6, 6.07) is 12.8. The van der Waals surface area contributed by atoms with Gasteiger partial charge in [-0.2, -0.15) is 0 Å². The van der Waals surface area contributed by atoms with Crippen molar-refractivity contribution in [2.24, 2.45) is 0 Å². The van der Waals surface area contributed by atoms with Gasteiger partial charge in [-0.3, -0.25) is 4.90 Å². The molecule has 0 aliphatic carbocycles. The van der Waals surface area contributed by atoms with Crippen molar-refractivity contribution in [2.45, 2.75) is 18.9 Å². The Kier molecular flexibility index (Phi) is 4.88. The summed E-state index contributed by atoms with van der Waals surface area (Å²) in [5.74, 6) is -0.479. The van der Waals surface area contributed by atoms with Crippen LogP contribution in [-0.4, -0.2) is 30.8 Å². The van der Waals surface area contributed by atoms with Gasteiger partial charge in [-0.25, -0.2) is 9.59 Å². The van der Waals surface area contributed by atoms with Crippen molar-refractivity contribution in [1.29, 1.82) is 0 Å². The molecule has 2 amide bonds. The first-order valence-electron chi connectivity index (χ1n) is 8.13. The molecule has 3 rings (SSSR count). The van der Waals surface area contributed by atoms with Crippen LogP contribution in [0.1, 0.15) is 23.6 Å². The Bertz CT molecular complexity index is 773. The molecule has 2 N–H and O–H groups in total. The molecule has 0 aromatic heterocycles. The third-order valence-corrected chi connectivity index (χ3v) is 4.32. The Morgan fingerprint density at radius 2 is 1.88 bits per heavy atom. The Hall–Kier alpha value is -3.02. The number of benzene rings is 2. The summed E-state index contributed by atoms with van der Waals surface area (Å²) in [5, 5.41) is 12.2. The maximum absolute atomic E-state index is 12.7. The number of methoxy groups -OCH3 is 1. The normalized spacial score (nSPS) is 14.4. The number of carbonyl (C=O) groups excluding carboxylic acids is 1. The molecule has 0 bridgehead atoms. The Morgan fingerprint density at radius 1 is 1.16 bits per heavy atom. The predicted molar refractivity (Wildman–Crippen MR) is 94.0 cm³/mol. The van der Waals surface area contributed by atoms with E-state index in [1.54, 1.807) is 36.3 Å². The van der Waals surface area contributed by atoms with Gasteiger partial charge >= 0.3 is 12.0 Å². The summed E-state index contributed by atoms with van der Waals surface area (Å²) in [5.41, 5.74) is 2.43. The highest BCUT2D eigenvalue weighted by Gasteiger charge is 2.27. The lowest BCUT2D eigenvalue weighted by molar-refractivity contribution is -0.139. The van der Waals surface area contributed by atoms with Gasteiger partial charge in [0.1, 0.15) is 5.75 Å². The van der Waals surface area contributed by atoms with Crippen LogP contribution in [0.2, 0.25) is 0 Å². The summed E-state index contributed by atoms with van der Waals surface area (Å²) in [7, 11) is 1.54. The third-order valence-electron chi connectivity index (χ3n) is 4.32. The van der Waals surface area contributed by atoms with Crippen molar-refractivity contribution in [1.82, 2.24) is 5.32 Å². The van der Waals surface area contributed by atoms with E-state index in [4.69, 9.17) is 4.74 Å². The van der Waals surface area contributed by atoms with Crippen LogP contribution in [0.5, 0.6) is 5.75 Å². The van der Waals surface area contributed by atoms with Crippen LogP contribution >= 0.6 is 0 Å². The van der Waals surface area contributed by atoms with Gasteiger partial charge in [0.15, 0.2) is 6.04 Å². The number of aliphatic carboxylic acids is 1. The lowest BCUT2D eigenvalue weighted by Gasteiger charge is -2.30. The van der Waals surface area contributed by atoms with Gasteiger partial charge in [0, 0.05) is 12.2 Å². The van der Waals surface area contributed by atoms with Crippen molar-refractivity contribution in [3.63, 3.8) is 0 Å². The highest BCUT2D eigenvalue weighted by Crippen LogP contribution is 2.27. The summed E-state index contributed by atoms with van der Waals surface area (Å²) in [4.78, 5) is 26.0. The maximum atomic E-state index is 12.7. The zero-order valence-corrected chi connectivity index (χ0v) is 13.9. The van der Waals surface area contributed by atoms with Crippen molar-refractivity contribution in [3.8, 4) is 5.75 Å². The fraction of sp³-hybridized carbons (Fsp3) is 0.263. The van der Waals surface area contributed by atoms with Crippen LogP contribution in [0.15, 0.2) is 48.5 Å². The zero-order valence-electron chi connectivity index (χ0n) is 13.9. The molecule has 1 aliphatic rings. The second kappa shape index (κ2) is 7.25. The number of para-hydroxylation sites is 1. The summed E-state index contributed by atoms with van der Waals surface area (Å²) >= 11 is 0. The Morgan fingerprint density at radius 3 is 2.56 bits per heavy atom. The Labute approximate surface area is 146 Å². The average Bonchev–Trinajstić information content (AvgIpc) is 2.65. The van der Waals surface area contributed by atoms with Gasteiger partial charge in [-0.1, -0.05) is 30.3 Å². The first-order chi connectivity index (χ1) is 12.1. The number of nitrogens with zero attached hydrogens (tertiary/aromatic N) is 1. The number of hydrogen-bond acceptors (Lipinski definition) is 3. The molecule has 25 heavy (non-hydrogen) atoms. The number of carbonyl (C=O) groups is 2. The fourth-order valence-electron chi connectivity index (χ4n) is 3.03. The molecule has 0 spiro atoms. The molecule has 1 heterocycles. The highest BCUT2D eigenvalue weighted by molar-refractivity contribution is 5.95. The van der Waals surface area contributed by atoms with Crippen molar-refractivity contribution < 1.29 is 19.4 Å². The summed E-state index contributed by atoms with van der Waals surface area (Å²) < 4.78 is 5.08. The van der Waals surface area contributed by atoms with Gasteiger partial charge in [0.25, 0.3) is 0 Å². The third kappa shape index (κ3) is 3.57. The zero-order chi connectivity index (χ0) is 17.8. The molecule has 0 radical (unpaired) electrons. The van der Waals surface area contributed by atoms with Crippen LogP contribution in [0.25, 0.3) is 0 Å². The molecule has 6 heteroatoms. The molecular weight excluding hydrogens is 320 g/mol. The van der Waals surface area contributed by atoms with Crippen LogP contribution in [-0.2, 0) is 11.2 Å². The number of amides is 2. The Balaban J connectivity index is 1.81. The van der Waals surface area contributed by atoms with Crippen LogP contribution in [0.3, 0.4) is 0 Å². The van der Waals surface area contributed by atoms with E-state index in [1.807, 2.05) is 24.3 Å². The van der Waals surface area contributed by atoms with Crippen LogP contribution < -0.4 is 15.0 Å². The molecule has 2 aromatic rings. The molecule has 130 valence electrons. The number of carboxylic acid groups (broad SMARTS) is 1. The fourth-order valence-corrected chi connectivity index (χ4v) is 3.03. The number of rotatable bonds is 4. The van der Waals surface area contributed by atoms with E-state index < -0.39 is 18.0 Å². The van der Waals surface area contributed by atoms with E-state index in [2.05, 4.69) is 5.32 Å². The van der Waals surface area contributed by atoms with Crippen molar-refractivity contribution >= 4 is 17.7 Å². The minimum Gasteiger partial charge on any atom is -0.497 e. The lowest BCUT2D eigenvalue weighted by Crippen LogP contribution is -2.45. The minimum atomic E-state index is -1.12. The van der Waals surface area contributed by atoms with E-state index >= 15 is 0 Å². The highest BCUT2D eigenvalue weighted by atomic mass is 16.5. The maximum Gasteiger partial charge on any atom is 0.330 e. The summed E-state index contributed by atoms with van der Waals surface area (Å²) in [6.07, 6.45) is 1.77. The van der Waals surface area contributed by atoms with E-state index in [-0.39, 0.29) is 0 Å². The molecule has 6 nitrogen and oxygen atoms in total. The first-order valence-corrected chi connectivity index (χ1v) is 8.13. The number of urea groups is 1. The SMILES string of the molecule is COc1ccc(C(NC(=O)N2CCCc3ccccc32)C(=O)O)cc1. The van der Waals surface area contributed by atoms with E-state index in [1.165, 1.54) is 0 Å². The van der Waals surface area contributed by atoms with Crippen LogP contribution in [0, 0.1) is 0 Å². The summed E-state index contributed by atoms with van der Waals surface area (Å²) in [6.45, 7) is 0.567. The molecule has 2 aromatic carbocycles. The van der Waals surface area contributed by atoms with Gasteiger partial charge in [0.2, 0.25) is 0 Å². The van der Waals surface area contributed by atoms with E-state index in [0.29, 0.717) is 17.9 Å². The number of carboxylic acids is 1. The largest absolute Gasteiger partial charge is 0.497 e. The van der Waals surface area contributed by atoms with Crippen molar-refractivity contribution in [2.75, 3.05) is 18.6 Å². The average molecular weight is 340 g/mol. The number of anilines is 1. The standard InChI is InChI=1S/C19H20N2O4/c1-25-15-10-8-14(9-11-15)17(18(22)23)20-19(24)21-12-4-6-13-5-2-3-7-16(13)21/h2-3,5,7-11,17H,4,6,12H2,1H3,(H,20,24)(H,22,23). The van der Waals surface area contributed by atoms with Gasteiger partial charge in [-0.05, 0) is 42.2 Å². The second-order valence-corrected chi connectivity index (χ2v) is 5.88. The van der Waals surface area contributed by atoms with Crippen molar-refractivity contribution in [3.05, 3.63) is 59.7 Å². The monoisotopic (exact) mass is 340 g/mol. The predicted octanol–water partition coefficient (Wildman–Crippen LogP) is 2.98. The van der Waals surface area contributed by atoms with Crippen LogP contribution in [0.4, 0.5) is 10.5 Å². The number of fused-ring (bicyclic) bond motifs is 1. The smallest absolute Gasteiger partial charge is 0.330 e. The van der Waals surface area contributed by atoms with E-state index in [0.717, 1.165) is 24.1 Å². The molecule has 1 atom stereocenters. The molecule has 1 unspecified atom stereocenters. The number of aryl methyl sites for hydroxylation is 1. The van der Waals surface area contributed by atoms with E-state index in [9.17, 15) is 14.7 Å². The van der Waals surface area contributed by atoms with Gasteiger partial charge in [0.05, 0.1) is 7.11 Å². The van der Waals surface area contributed by atoms with Gasteiger partial charge < -0.3 is 15.2 Å². The molecule has 1 aliphatic heterocycles. The quantitative estimate of drug-likeness (QED) is 0.897. The molecule has 0 fully saturated rings.